The van der Waals surface area contributed by atoms with E-state index in [1.165, 1.54) is 19.3 Å². The lowest BCUT2D eigenvalue weighted by molar-refractivity contribution is 0.122. The van der Waals surface area contributed by atoms with Crippen LogP contribution in [0, 0.1) is 0 Å². The van der Waals surface area contributed by atoms with Crippen molar-refractivity contribution in [3.63, 3.8) is 0 Å². The number of amidine groups is 1. The number of hydrogen-bond donors (Lipinski definition) is 1. The monoisotopic (exact) mass is 397 g/mol. The number of morpholine rings is 1. The minimum Gasteiger partial charge on any atom is -0.492 e. The number of rotatable bonds is 6. The van der Waals surface area contributed by atoms with Gasteiger partial charge in [-0.25, -0.2) is 0 Å². The van der Waals surface area contributed by atoms with Crippen LogP contribution < -0.4 is 19.7 Å². The number of aliphatic imine (C=N–C) groups is 1. The zero-order chi connectivity index (χ0) is 18.2. The Bertz CT molecular complexity index is 619. The number of ether oxygens (including phenoxy) is 3. The highest BCUT2D eigenvalue weighted by atomic mass is 35.5. The first-order chi connectivity index (χ1) is 12.8. The number of nitrogens with zero attached hydrogens (tertiary/aromatic N) is 2. The Morgan fingerprint density at radius 1 is 1.04 bits per heavy atom. The molecule has 0 atom stereocenters. The molecule has 2 aliphatic rings. The van der Waals surface area contributed by atoms with E-state index in [0.717, 1.165) is 68.0 Å². The lowest BCUT2D eigenvalue weighted by Crippen LogP contribution is -2.36. The smallest absolute Gasteiger partial charge is 0.145 e. The second-order valence-electron chi connectivity index (χ2n) is 6.55. The van der Waals surface area contributed by atoms with E-state index in [0.29, 0.717) is 13.2 Å². The van der Waals surface area contributed by atoms with Crippen molar-refractivity contribution < 1.29 is 14.2 Å². The first kappa shape index (κ1) is 21.6. The third-order valence-electron chi connectivity index (χ3n) is 4.67. The fraction of sp³-hybridized carbons (Fsp3) is 0.650. The lowest BCUT2D eigenvalue weighted by atomic mass is 10.1. The third-order valence-corrected chi connectivity index (χ3v) is 4.67. The number of anilines is 2. The van der Waals surface area contributed by atoms with Gasteiger partial charge in [0.05, 0.1) is 37.8 Å². The van der Waals surface area contributed by atoms with E-state index in [1.54, 1.807) is 0 Å². The first-order valence-electron chi connectivity index (χ1n) is 9.88. The summed E-state index contributed by atoms with van der Waals surface area (Å²) in [6.07, 6.45) is 4.58. The molecule has 0 saturated carbocycles. The summed E-state index contributed by atoms with van der Waals surface area (Å²) in [5.74, 6) is 2.78. The van der Waals surface area contributed by atoms with Crippen LogP contribution in [0.4, 0.5) is 11.4 Å². The highest BCUT2D eigenvalue weighted by Crippen LogP contribution is 2.39. The summed E-state index contributed by atoms with van der Waals surface area (Å²) in [6, 6.07) is 4.16. The van der Waals surface area contributed by atoms with E-state index in [4.69, 9.17) is 14.2 Å². The molecule has 1 saturated heterocycles. The Kier molecular flexibility index (Phi) is 9.01. The van der Waals surface area contributed by atoms with Gasteiger partial charge in [0.15, 0.2) is 0 Å². The van der Waals surface area contributed by atoms with Gasteiger partial charge >= 0.3 is 0 Å². The molecule has 27 heavy (non-hydrogen) atoms. The molecule has 1 aromatic rings. The standard InChI is InChI=1S/C20H31N3O3.ClH/c1-3-25-18-15-17(23-10-12-24-13-11-23)19(26-4-2)14-16(18)22-20-8-6-5-7-9-21-20;/h14-15H,3-13H2,1-2H3,(H,21,22);1H. The van der Waals surface area contributed by atoms with Crippen LogP contribution in [0.5, 0.6) is 11.5 Å². The largest absolute Gasteiger partial charge is 0.492 e. The van der Waals surface area contributed by atoms with Crippen molar-refractivity contribution in [3.05, 3.63) is 12.1 Å². The first-order valence-corrected chi connectivity index (χ1v) is 9.88. The van der Waals surface area contributed by atoms with Gasteiger partial charge < -0.3 is 24.4 Å². The lowest BCUT2D eigenvalue weighted by Gasteiger charge is -2.31. The molecule has 0 unspecified atom stereocenters. The summed E-state index contributed by atoms with van der Waals surface area (Å²) in [4.78, 5) is 7.00. The number of benzene rings is 1. The Morgan fingerprint density at radius 2 is 1.78 bits per heavy atom. The average Bonchev–Trinajstić information content (AvgIpc) is 2.93. The van der Waals surface area contributed by atoms with E-state index in [2.05, 4.69) is 27.3 Å². The Labute approximate surface area is 168 Å². The highest BCUT2D eigenvalue weighted by molar-refractivity contribution is 5.97. The van der Waals surface area contributed by atoms with Crippen LogP contribution in [0.15, 0.2) is 17.1 Å². The molecule has 1 fully saturated rings. The van der Waals surface area contributed by atoms with Crippen molar-refractivity contribution in [3.8, 4) is 11.5 Å². The van der Waals surface area contributed by atoms with Crippen LogP contribution in [-0.4, -0.2) is 51.9 Å². The average molecular weight is 398 g/mol. The van der Waals surface area contributed by atoms with Crippen molar-refractivity contribution in [2.75, 3.05) is 56.3 Å². The van der Waals surface area contributed by atoms with E-state index in [9.17, 15) is 0 Å². The molecule has 7 heteroatoms. The van der Waals surface area contributed by atoms with Crippen LogP contribution in [0.25, 0.3) is 0 Å². The second-order valence-corrected chi connectivity index (χ2v) is 6.55. The molecule has 0 bridgehead atoms. The molecule has 3 rings (SSSR count). The summed E-state index contributed by atoms with van der Waals surface area (Å²) < 4.78 is 17.4. The van der Waals surface area contributed by atoms with E-state index >= 15 is 0 Å². The van der Waals surface area contributed by atoms with Gasteiger partial charge in [0, 0.05) is 38.2 Å². The number of halogens is 1. The van der Waals surface area contributed by atoms with Gasteiger partial charge in [0.2, 0.25) is 0 Å². The van der Waals surface area contributed by atoms with Crippen molar-refractivity contribution >= 4 is 29.6 Å². The molecule has 1 aromatic carbocycles. The topological polar surface area (TPSA) is 55.3 Å². The zero-order valence-electron chi connectivity index (χ0n) is 16.5. The summed E-state index contributed by atoms with van der Waals surface area (Å²) in [7, 11) is 0. The third kappa shape index (κ3) is 5.91. The SMILES string of the molecule is CCOc1cc(N2CCOCC2)c(OCC)cc1NC1=NCCCCC1.Cl. The molecule has 0 amide bonds. The van der Waals surface area contributed by atoms with Crippen LogP contribution in [0.1, 0.15) is 39.5 Å². The summed E-state index contributed by atoms with van der Waals surface area (Å²) in [6.45, 7) is 9.40. The quantitative estimate of drug-likeness (QED) is 0.782. The highest BCUT2D eigenvalue weighted by Gasteiger charge is 2.20. The molecular weight excluding hydrogens is 366 g/mol. The van der Waals surface area contributed by atoms with Crippen molar-refractivity contribution in [2.45, 2.75) is 39.5 Å². The Balaban J connectivity index is 0.00000261. The molecule has 0 aromatic heterocycles. The summed E-state index contributed by atoms with van der Waals surface area (Å²) in [5.41, 5.74) is 2.01. The van der Waals surface area contributed by atoms with Gasteiger partial charge in [-0.15, -0.1) is 12.4 Å². The van der Waals surface area contributed by atoms with E-state index < -0.39 is 0 Å². The van der Waals surface area contributed by atoms with Crippen molar-refractivity contribution in [1.29, 1.82) is 0 Å². The molecule has 152 valence electrons. The molecule has 0 spiro atoms. The van der Waals surface area contributed by atoms with Crippen LogP contribution in [0.2, 0.25) is 0 Å². The van der Waals surface area contributed by atoms with E-state index in [1.807, 2.05) is 13.8 Å². The van der Waals surface area contributed by atoms with Crippen molar-refractivity contribution in [1.82, 2.24) is 0 Å². The van der Waals surface area contributed by atoms with Crippen LogP contribution in [0.3, 0.4) is 0 Å². The normalized spacial score (nSPS) is 17.4. The van der Waals surface area contributed by atoms with Gasteiger partial charge in [0.1, 0.15) is 17.3 Å². The maximum absolute atomic E-state index is 5.96. The molecule has 2 heterocycles. The van der Waals surface area contributed by atoms with Crippen LogP contribution in [-0.2, 0) is 4.74 Å². The van der Waals surface area contributed by atoms with Gasteiger partial charge in [-0.05, 0) is 26.7 Å². The maximum Gasteiger partial charge on any atom is 0.145 e. The minimum absolute atomic E-state index is 0. The molecular formula is C20H32ClN3O3. The molecule has 1 N–H and O–H groups in total. The minimum atomic E-state index is 0. The van der Waals surface area contributed by atoms with Crippen LogP contribution >= 0.6 is 12.4 Å². The number of hydrogen-bond acceptors (Lipinski definition) is 6. The molecule has 0 radical (unpaired) electrons. The number of nitrogens with one attached hydrogen (secondary N) is 1. The van der Waals surface area contributed by atoms with E-state index in [-0.39, 0.29) is 12.4 Å². The second kappa shape index (κ2) is 11.2. The fourth-order valence-corrected chi connectivity index (χ4v) is 3.38. The van der Waals surface area contributed by atoms with Gasteiger partial charge in [-0.2, -0.15) is 0 Å². The Hall–Kier alpha value is -1.66. The molecule has 0 aliphatic carbocycles. The molecule has 6 nitrogen and oxygen atoms in total. The van der Waals surface area contributed by atoms with Gasteiger partial charge in [-0.1, -0.05) is 6.42 Å². The van der Waals surface area contributed by atoms with Gasteiger partial charge in [0.25, 0.3) is 0 Å². The zero-order valence-corrected chi connectivity index (χ0v) is 17.3. The Morgan fingerprint density at radius 3 is 2.52 bits per heavy atom. The predicted octanol–water partition coefficient (Wildman–Crippen LogP) is 4.13. The summed E-state index contributed by atoms with van der Waals surface area (Å²) in [5, 5.41) is 3.51. The van der Waals surface area contributed by atoms with Gasteiger partial charge in [-0.3, -0.25) is 4.99 Å². The molecule has 2 aliphatic heterocycles. The maximum atomic E-state index is 5.96. The fourth-order valence-electron chi connectivity index (χ4n) is 3.38. The van der Waals surface area contributed by atoms with Crippen molar-refractivity contribution in [2.24, 2.45) is 4.99 Å². The predicted molar refractivity (Wildman–Crippen MR) is 113 cm³/mol. The summed E-state index contributed by atoms with van der Waals surface area (Å²) >= 11 is 0.